The van der Waals surface area contributed by atoms with E-state index < -0.39 is 17.9 Å². The van der Waals surface area contributed by atoms with E-state index in [-0.39, 0.29) is 5.89 Å². The molecule has 2 atom stereocenters. The van der Waals surface area contributed by atoms with Gasteiger partial charge < -0.3 is 15.3 Å². The molecule has 1 rings (SSSR count). The van der Waals surface area contributed by atoms with Gasteiger partial charge in [0.1, 0.15) is 12.2 Å². The molecule has 2 unspecified atom stereocenters. The zero-order valence-corrected chi connectivity index (χ0v) is 6.60. The van der Waals surface area contributed by atoms with Gasteiger partial charge in [-0.1, -0.05) is 0 Å². The zero-order valence-electron chi connectivity index (χ0n) is 6.60. The van der Waals surface area contributed by atoms with E-state index >= 15 is 0 Å². The molecule has 5 heteroatoms. The second-order valence-electron chi connectivity index (χ2n) is 2.49. The molecule has 1 heterocycles. The Bertz CT molecular complexity index is 256. The molecule has 0 saturated carbocycles. The van der Waals surface area contributed by atoms with Crippen molar-refractivity contribution in [3.8, 4) is 0 Å². The summed E-state index contributed by atoms with van der Waals surface area (Å²) in [5.74, 6) is -1.36. The van der Waals surface area contributed by atoms with Crippen molar-refractivity contribution in [3.63, 3.8) is 0 Å². The Morgan fingerprint density at radius 3 is 2.83 bits per heavy atom. The highest BCUT2D eigenvalue weighted by molar-refractivity contribution is 5.81. The number of aliphatic hydroxyl groups is 1. The predicted molar refractivity (Wildman–Crippen MR) is 40.1 cm³/mol. The van der Waals surface area contributed by atoms with Crippen molar-refractivity contribution in [1.82, 2.24) is 4.98 Å². The molecule has 0 saturated heterocycles. The molecule has 0 aliphatic rings. The SMILES string of the molecule is CC(O)C(C(N)=O)c1ncco1. The number of aliphatic hydroxyl groups excluding tert-OH is 1. The number of nitrogens with zero attached hydrogens (tertiary/aromatic N) is 1. The summed E-state index contributed by atoms with van der Waals surface area (Å²) in [6.07, 6.45) is 1.84. The molecule has 5 nitrogen and oxygen atoms in total. The van der Waals surface area contributed by atoms with Crippen LogP contribution in [0.1, 0.15) is 18.7 Å². The van der Waals surface area contributed by atoms with E-state index in [0.717, 1.165) is 0 Å². The second kappa shape index (κ2) is 3.36. The Balaban J connectivity index is 2.88. The van der Waals surface area contributed by atoms with Crippen molar-refractivity contribution in [1.29, 1.82) is 0 Å². The van der Waals surface area contributed by atoms with Crippen LogP contribution in [0.25, 0.3) is 0 Å². The van der Waals surface area contributed by atoms with Crippen molar-refractivity contribution in [2.75, 3.05) is 0 Å². The second-order valence-corrected chi connectivity index (χ2v) is 2.49. The molecule has 3 N–H and O–H groups in total. The standard InChI is InChI=1S/C7H10N2O3/c1-4(10)5(6(8)11)7-9-2-3-12-7/h2-5,10H,1H3,(H2,8,11). The lowest BCUT2D eigenvalue weighted by atomic mass is 10.0. The van der Waals surface area contributed by atoms with Gasteiger partial charge in [0, 0.05) is 0 Å². The number of rotatable bonds is 3. The summed E-state index contributed by atoms with van der Waals surface area (Å²) in [4.78, 5) is 14.5. The number of hydrogen-bond donors (Lipinski definition) is 2. The highest BCUT2D eigenvalue weighted by atomic mass is 16.3. The Hall–Kier alpha value is -1.36. The molecule has 12 heavy (non-hydrogen) atoms. The fourth-order valence-corrected chi connectivity index (χ4v) is 0.954. The normalized spacial score (nSPS) is 15.5. The summed E-state index contributed by atoms with van der Waals surface area (Å²) in [6, 6.07) is 0. The van der Waals surface area contributed by atoms with E-state index in [2.05, 4.69) is 4.98 Å². The third-order valence-corrected chi connectivity index (χ3v) is 1.51. The van der Waals surface area contributed by atoms with Crippen molar-refractivity contribution in [2.24, 2.45) is 5.73 Å². The molecule has 0 bridgehead atoms. The topological polar surface area (TPSA) is 89.4 Å². The van der Waals surface area contributed by atoms with Crippen molar-refractivity contribution >= 4 is 5.91 Å². The van der Waals surface area contributed by atoms with E-state index in [0.29, 0.717) is 0 Å². The Morgan fingerprint density at radius 2 is 2.50 bits per heavy atom. The minimum Gasteiger partial charge on any atom is -0.448 e. The highest BCUT2D eigenvalue weighted by Gasteiger charge is 2.27. The quantitative estimate of drug-likeness (QED) is 0.647. The van der Waals surface area contributed by atoms with Crippen LogP contribution in [0, 0.1) is 0 Å². The molecule has 1 amide bonds. The molecule has 0 fully saturated rings. The number of hydrogen-bond acceptors (Lipinski definition) is 4. The minimum atomic E-state index is -0.888. The number of oxazole rings is 1. The van der Waals surface area contributed by atoms with E-state index in [9.17, 15) is 4.79 Å². The Labute approximate surface area is 69.2 Å². The summed E-state index contributed by atoms with van der Waals surface area (Å²) in [5, 5.41) is 9.15. The van der Waals surface area contributed by atoms with Gasteiger partial charge in [0.25, 0.3) is 0 Å². The van der Waals surface area contributed by atoms with Crippen molar-refractivity contribution in [2.45, 2.75) is 18.9 Å². The molecule has 66 valence electrons. The fraction of sp³-hybridized carbons (Fsp3) is 0.429. The average molecular weight is 170 g/mol. The maximum atomic E-state index is 10.8. The first-order valence-corrected chi connectivity index (χ1v) is 3.49. The molecule has 0 aliphatic heterocycles. The molecular formula is C7H10N2O3. The largest absolute Gasteiger partial charge is 0.448 e. The van der Waals surface area contributed by atoms with Crippen LogP contribution in [0.15, 0.2) is 16.9 Å². The highest BCUT2D eigenvalue weighted by Crippen LogP contribution is 2.16. The van der Waals surface area contributed by atoms with E-state index in [1.54, 1.807) is 0 Å². The van der Waals surface area contributed by atoms with Gasteiger partial charge in [0.05, 0.1) is 12.3 Å². The van der Waals surface area contributed by atoms with Crippen LogP contribution in [0.2, 0.25) is 0 Å². The van der Waals surface area contributed by atoms with Crippen molar-refractivity contribution in [3.05, 3.63) is 18.4 Å². The summed E-state index contributed by atoms with van der Waals surface area (Å²) in [5.41, 5.74) is 5.03. The van der Waals surface area contributed by atoms with Crippen molar-refractivity contribution < 1.29 is 14.3 Å². The van der Waals surface area contributed by atoms with Crippen LogP contribution in [0.5, 0.6) is 0 Å². The van der Waals surface area contributed by atoms with Gasteiger partial charge in [-0.2, -0.15) is 0 Å². The summed E-state index contributed by atoms with van der Waals surface area (Å²) >= 11 is 0. The average Bonchev–Trinajstić information content (AvgIpc) is 2.37. The Morgan fingerprint density at radius 1 is 1.83 bits per heavy atom. The first-order valence-electron chi connectivity index (χ1n) is 3.49. The maximum absolute atomic E-state index is 10.8. The lowest BCUT2D eigenvalue weighted by Gasteiger charge is -2.11. The monoisotopic (exact) mass is 170 g/mol. The van der Waals surface area contributed by atoms with Gasteiger partial charge in [-0.3, -0.25) is 4.79 Å². The first kappa shape index (κ1) is 8.73. The molecule has 0 spiro atoms. The van der Waals surface area contributed by atoms with Crippen LogP contribution < -0.4 is 5.73 Å². The van der Waals surface area contributed by atoms with Gasteiger partial charge in [-0.15, -0.1) is 0 Å². The maximum Gasteiger partial charge on any atom is 0.232 e. The molecule has 1 aromatic rings. The number of carbonyl (C=O) groups excluding carboxylic acids is 1. The van der Waals surface area contributed by atoms with Gasteiger partial charge in [-0.05, 0) is 6.92 Å². The third kappa shape index (κ3) is 1.62. The fourth-order valence-electron chi connectivity index (χ4n) is 0.954. The zero-order chi connectivity index (χ0) is 9.14. The summed E-state index contributed by atoms with van der Waals surface area (Å²) in [6.45, 7) is 1.46. The van der Waals surface area contributed by atoms with Gasteiger partial charge in [-0.25, -0.2) is 4.98 Å². The van der Waals surface area contributed by atoms with Gasteiger partial charge >= 0.3 is 0 Å². The number of amides is 1. The van der Waals surface area contributed by atoms with E-state index in [1.165, 1.54) is 19.4 Å². The Kier molecular flexibility index (Phi) is 2.44. The lowest BCUT2D eigenvalue weighted by molar-refractivity contribution is -0.122. The number of nitrogens with two attached hydrogens (primary N) is 1. The van der Waals surface area contributed by atoms with Crippen LogP contribution >= 0.6 is 0 Å². The predicted octanol–water partition coefficient (Wildman–Crippen LogP) is -0.376. The molecule has 0 radical (unpaired) electrons. The lowest BCUT2D eigenvalue weighted by Crippen LogP contribution is -2.29. The number of carbonyl (C=O) groups is 1. The molecule has 0 aliphatic carbocycles. The van der Waals surface area contributed by atoms with Crippen LogP contribution in [-0.2, 0) is 4.79 Å². The molecule has 0 aromatic carbocycles. The molecular weight excluding hydrogens is 160 g/mol. The van der Waals surface area contributed by atoms with Gasteiger partial charge in [0.15, 0.2) is 0 Å². The summed E-state index contributed by atoms with van der Waals surface area (Å²) in [7, 11) is 0. The minimum absolute atomic E-state index is 0.150. The molecule has 1 aromatic heterocycles. The smallest absolute Gasteiger partial charge is 0.232 e. The number of aromatic nitrogens is 1. The van der Waals surface area contributed by atoms with Crippen LogP contribution in [0.4, 0.5) is 0 Å². The van der Waals surface area contributed by atoms with E-state index in [4.69, 9.17) is 15.3 Å². The van der Waals surface area contributed by atoms with Crippen LogP contribution in [-0.4, -0.2) is 22.1 Å². The van der Waals surface area contributed by atoms with Crippen LogP contribution in [0.3, 0.4) is 0 Å². The number of primary amides is 1. The summed E-state index contributed by atoms with van der Waals surface area (Å²) < 4.78 is 4.85. The first-order chi connectivity index (χ1) is 5.63. The van der Waals surface area contributed by atoms with E-state index in [1.807, 2.05) is 0 Å². The van der Waals surface area contributed by atoms with Gasteiger partial charge in [0.2, 0.25) is 11.8 Å². The third-order valence-electron chi connectivity index (χ3n) is 1.51.